The molecule has 1 aliphatic heterocycles. The van der Waals surface area contributed by atoms with E-state index in [1.165, 1.54) is 6.33 Å². The molecule has 3 rings (SSSR count). The fourth-order valence-electron chi connectivity index (χ4n) is 2.70. The van der Waals surface area contributed by atoms with Gasteiger partial charge in [-0.2, -0.15) is 5.10 Å². The Balaban J connectivity index is 1.56. The SMILES string of the molecule is CCCNC(=O)C1CCN(c2ccc(-n3cncn3)nn2)CC1. The van der Waals surface area contributed by atoms with E-state index in [1.54, 1.807) is 11.0 Å². The number of hydrogen-bond acceptors (Lipinski definition) is 6. The Bertz CT molecular complexity index is 618. The molecule has 0 spiro atoms. The van der Waals surface area contributed by atoms with Crippen LogP contribution < -0.4 is 10.2 Å². The van der Waals surface area contributed by atoms with Crippen molar-refractivity contribution >= 4 is 11.7 Å². The normalized spacial score (nSPS) is 15.6. The fourth-order valence-corrected chi connectivity index (χ4v) is 2.70. The summed E-state index contributed by atoms with van der Waals surface area (Å²) >= 11 is 0. The summed E-state index contributed by atoms with van der Waals surface area (Å²) in [5.74, 6) is 1.76. The van der Waals surface area contributed by atoms with Gasteiger partial charge in [0.25, 0.3) is 0 Å². The van der Waals surface area contributed by atoms with Crippen molar-refractivity contribution in [2.24, 2.45) is 5.92 Å². The van der Waals surface area contributed by atoms with Crippen LogP contribution >= 0.6 is 0 Å². The van der Waals surface area contributed by atoms with E-state index in [-0.39, 0.29) is 11.8 Å². The van der Waals surface area contributed by atoms with Gasteiger partial charge in [0.2, 0.25) is 5.91 Å². The largest absolute Gasteiger partial charge is 0.356 e. The Kier molecular flexibility index (Phi) is 4.80. The Morgan fingerprint density at radius 2 is 2.00 bits per heavy atom. The van der Waals surface area contributed by atoms with E-state index in [0.29, 0.717) is 5.82 Å². The van der Waals surface area contributed by atoms with Crippen LogP contribution in [0.15, 0.2) is 24.8 Å². The predicted octanol–water partition coefficient (Wildman–Crippen LogP) is 0.800. The monoisotopic (exact) mass is 315 g/mol. The van der Waals surface area contributed by atoms with Gasteiger partial charge in [-0.25, -0.2) is 9.67 Å². The Labute approximate surface area is 134 Å². The van der Waals surface area contributed by atoms with Crippen molar-refractivity contribution in [3.63, 3.8) is 0 Å². The minimum absolute atomic E-state index is 0.111. The number of carbonyl (C=O) groups is 1. The first-order chi connectivity index (χ1) is 11.3. The van der Waals surface area contributed by atoms with Crippen LogP contribution in [0.4, 0.5) is 5.82 Å². The van der Waals surface area contributed by atoms with Crippen LogP contribution in [0.1, 0.15) is 26.2 Å². The standard InChI is InChI=1S/C15H21N7O/c1-2-7-17-15(23)12-5-8-21(9-6-12)13-3-4-14(20-19-13)22-11-16-10-18-22/h3-4,10-12H,2,5-9H2,1H3,(H,17,23). The van der Waals surface area contributed by atoms with E-state index >= 15 is 0 Å². The molecule has 1 aliphatic rings. The molecule has 0 aromatic carbocycles. The molecule has 1 saturated heterocycles. The lowest BCUT2D eigenvalue weighted by atomic mass is 9.96. The summed E-state index contributed by atoms with van der Waals surface area (Å²) < 4.78 is 1.57. The van der Waals surface area contributed by atoms with Crippen molar-refractivity contribution in [3.8, 4) is 5.82 Å². The van der Waals surface area contributed by atoms with Crippen LogP contribution in [0.2, 0.25) is 0 Å². The molecule has 1 amide bonds. The molecule has 0 bridgehead atoms. The molecule has 3 heterocycles. The van der Waals surface area contributed by atoms with Crippen LogP contribution in [0.25, 0.3) is 5.82 Å². The van der Waals surface area contributed by atoms with Crippen molar-refractivity contribution in [3.05, 3.63) is 24.8 Å². The zero-order chi connectivity index (χ0) is 16.1. The van der Waals surface area contributed by atoms with E-state index in [0.717, 1.165) is 44.7 Å². The van der Waals surface area contributed by atoms with Crippen LogP contribution in [0, 0.1) is 5.92 Å². The maximum atomic E-state index is 12.0. The molecule has 2 aromatic rings. The Morgan fingerprint density at radius 3 is 2.61 bits per heavy atom. The van der Waals surface area contributed by atoms with Crippen molar-refractivity contribution in [2.45, 2.75) is 26.2 Å². The second-order valence-electron chi connectivity index (χ2n) is 5.64. The van der Waals surface area contributed by atoms with E-state index in [2.05, 4.69) is 37.4 Å². The van der Waals surface area contributed by atoms with Crippen molar-refractivity contribution in [1.29, 1.82) is 0 Å². The number of carbonyl (C=O) groups excluding carboxylic acids is 1. The van der Waals surface area contributed by atoms with Gasteiger partial charge in [0.1, 0.15) is 12.7 Å². The van der Waals surface area contributed by atoms with Gasteiger partial charge in [-0.3, -0.25) is 4.79 Å². The molecule has 122 valence electrons. The third-order valence-corrected chi connectivity index (χ3v) is 4.03. The topological polar surface area (TPSA) is 88.8 Å². The van der Waals surface area contributed by atoms with Crippen LogP contribution in [-0.2, 0) is 4.79 Å². The summed E-state index contributed by atoms with van der Waals surface area (Å²) in [6.45, 7) is 4.46. The predicted molar refractivity (Wildman–Crippen MR) is 85.2 cm³/mol. The molecule has 0 unspecified atom stereocenters. The average molecular weight is 315 g/mol. The van der Waals surface area contributed by atoms with Gasteiger partial charge in [-0.05, 0) is 31.4 Å². The summed E-state index contributed by atoms with van der Waals surface area (Å²) in [5.41, 5.74) is 0. The summed E-state index contributed by atoms with van der Waals surface area (Å²) in [6, 6.07) is 3.80. The second kappa shape index (κ2) is 7.17. The van der Waals surface area contributed by atoms with E-state index in [4.69, 9.17) is 0 Å². The van der Waals surface area contributed by atoms with Gasteiger partial charge < -0.3 is 10.2 Å². The molecule has 0 aliphatic carbocycles. The zero-order valence-corrected chi connectivity index (χ0v) is 13.2. The van der Waals surface area contributed by atoms with Crippen molar-refractivity contribution < 1.29 is 4.79 Å². The smallest absolute Gasteiger partial charge is 0.223 e. The third-order valence-electron chi connectivity index (χ3n) is 4.03. The first kappa shape index (κ1) is 15.4. The van der Waals surface area contributed by atoms with Gasteiger partial charge >= 0.3 is 0 Å². The second-order valence-corrected chi connectivity index (χ2v) is 5.64. The molecule has 8 nitrogen and oxygen atoms in total. The number of amides is 1. The molecular formula is C15H21N7O. The first-order valence-electron chi connectivity index (χ1n) is 7.99. The maximum Gasteiger partial charge on any atom is 0.223 e. The zero-order valence-electron chi connectivity index (χ0n) is 13.2. The summed E-state index contributed by atoms with van der Waals surface area (Å²) in [4.78, 5) is 18.1. The lowest BCUT2D eigenvalue weighted by Crippen LogP contribution is -2.41. The van der Waals surface area contributed by atoms with Crippen LogP contribution in [0.5, 0.6) is 0 Å². The number of nitrogens with zero attached hydrogens (tertiary/aromatic N) is 6. The molecule has 0 radical (unpaired) electrons. The molecule has 1 fully saturated rings. The van der Waals surface area contributed by atoms with Gasteiger partial charge in [0.05, 0.1) is 0 Å². The molecule has 0 saturated carbocycles. The third kappa shape index (κ3) is 3.64. The van der Waals surface area contributed by atoms with Crippen molar-refractivity contribution in [1.82, 2.24) is 30.3 Å². The average Bonchev–Trinajstić information content (AvgIpc) is 3.14. The summed E-state index contributed by atoms with van der Waals surface area (Å²) in [6.07, 6.45) is 5.72. The molecule has 1 N–H and O–H groups in total. The highest BCUT2D eigenvalue weighted by Gasteiger charge is 2.25. The number of anilines is 1. The van der Waals surface area contributed by atoms with Gasteiger partial charge in [-0.1, -0.05) is 6.92 Å². The molecule has 2 aromatic heterocycles. The molecule has 23 heavy (non-hydrogen) atoms. The Hall–Kier alpha value is -2.51. The highest BCUT2D eigenvalue weighted by molar-refractivity contribution is 5.78. The minimum Gasteiger partial charge on any atom is -0.356 e. The van der Waals surface area contributed by atoms with Gasteiger partial charge in [0, 0.05) is 25.6 Å². The van der Waals surface area contributed by atoms with Crippen molar-refractivity contribution in [2.75, 3.05) is 24.5 Å². The molecule has 8 heteroatoms. The quantitative estimate of drug-likeness (QED) is 0.878. The maximum absolute atomic E-state index is 12.0. The Morgan fingerprint density at radius 1 is 1.26 bits per heavy atom. The van der Waals surface area contributed by atoms with Crippen LogP contribution in [0.3, 0.4) is 0 Å². The lowest BCUT2D eigenvalue weighted by molar-refractivity contribution is -0.125. The first-order valence-corrected chi connectivity index (χ1v) is 7.99. The number of nitrogens with one attached hydrogen (secondary N) is 1. The number of aromatic nitrogens is 5. The lowest BCUT2D eigenvalue weighted by Gasteiger charge is -2.31. The molecular weight excluding hydrogens is 294 g/mol. The van der Waals surface area contributed by atoms with Gasteiger partial charge in [-0.15, -0.1) is 10.2 Å². The minimum atomic E-state index is 0.111. The van der Waals surface area contributed by atoms with E-state index in [1.807, 2.05) is 12.1 Å². The fraction of sp³-hybridized carbons (Fsp3) is 0.533. The number of rotatable bonds is 5. The highest BCUT2D eigenvalue weighted by Crippen LogP contribution is 2.21. The van der Waals surface area contributed by atoms with E-state index in [9.17, 15) is 4.79 Å². The number of hydrogen-bond donors (Lipinski definition) is 1. The molecule has 0 atom stereocenters. The van der Waals surface area contributed by atoms with E-state index < -0.39 is 0 Å². The highest BCUT2D eigenvalue weighted by atomic mass is 16.1. The summed E-state index contributed by atoms with van der Waals surface area (Å²) in [7, 11) is 0. The number of piperidine rings is 1. The van der Waals surface area contributed by atoms with Gasteiger partial charge in [0.15, 0.2) is 11.6 Å². The summed E-state index contributed by atoms with van der Waals surface area (Å²) in [5, 5.41) is 15.5. The van der Waals surface area contributed by atoms with Crippen LogP contribution in [-0.4, -0.2) is 50.5 Å².